The highest BCUT2D eigenvalue weighted by atomic mass is 16.5. The van der Waals surface area contributed by atoms with Gasteiger partial charge in [0.25, 0.3) is 0 Å². The van der Waals surface area contributed by atoms with E-state index < -0.39 is 0 Å². The molecule has 1 aromatic carbocycles. The summed E-state index contributed by atoms with van der Waals surface area (Å²) in [7, 11) is 1.65. The quantitative estimate of drug-likeness (QED) is 0.808. The molecule has 0 radical (unpaired) electrons. The molecule has 2 N–H and O–H groups in total. The first-order chi connectivity index (χ1) is 7.24. The smallest absolute Gasteiger partial charge is 0.119 e. The van der Waals surface area contributed by atoms with E-state index in [1.165, 1.54) is 0 Å². The van der Waals surface area contributed by atoms with Crippen molar-refractivity contribution in [2.24, 2.45) is 5.73 Å². The molecule has 2 heteroatoms. The van der Waals surface area contributed by atoms with Crippen LogP contribution in [0.1, 0.15) is 46.2 Å². The third kappa shape index (κ3) is 6.97. The molecule has 88 valence electrons. The first-order valence-electron chi connectivity index (χ1n) is 5.63. The van der Waals surface area contributed by atoms with Crippen LogP contribution >= 0.6 is 0 Å². The molecule has 0 heterocycles. The van der Waals surface area contributed by atoms with Gasteiger partial charge in [0, 0.05) is 6.04 Å². The number of hydrogen-bond acceptors (Lipinski definition) is 2. The topological polar surface area (TPSA) is 35.2 Å². The van der Waals surface area contributed by atoms with Crippen LogP contribution in [-0.4, -0.2) is 7.11 Å². The molecular formula is C13H25NO. The fourth-order valence-electron chi connectivity index (χ4n) is 0.925. The van der Waals surface area contributed by atoms with E-state index in [1.807, 2.05) is 58.9 Å². The molecule has 1 unspecified atom stereocenters. The van der Waals surface area contributed by atoms with Crippen molar-refractivity contribution in [2.45, 2.75) is 40.7 Å². The lowest BCUT2D eigenvalue weighted by molar-refractivity contribution is 0.414. The van der Waals surface area contributed by atoms with Crippen LogP contribution in [0.15, 0.2) is 24.3 Å². The van der Waals surface area contributed by atoms with E-state index in [4.69, 9.17) is 10.5 Å². The normalized spacial score (nSPS) is 10.1. The van der Waals surface area contributed by atoms with Crippen LogP contribution in [0.25, 0.3) is 0 Å². The highest BCUT2D eigenvalue weighted by molar-refractivity contribution is 5.29. The predicted octanol–water partition coefficient (Wildman–Crippen LogP) is 3.77. The van der Waals surface area contributed by atoms with Gasteiger partial charge in [-0.1, -0.05) is 39.8 Å². The summed E-state index contributed by atoms with van der Waals surface area (Å²) in [6, 6.07) is 7.87. The van der Waals surface area contributed by atoms with E-state index in [9.17, 15) is 0 Å². The molecule has 0 saturated heterocycles. The number of nitrogens with two attached hydrogens (primary N) is 1. The summed E-state index contributed by atoms with van der Waals surface area (Å²) in [5.41, 5.74) is 6.78. The van der Waals surface area contributed by atoms with Gasteiger partial charge in [0.05, 0.1) is 7.11 Å². The molecule has 1 atom stereocenters. The van der Waals surface area contributed by atoms with Crippen molar-refractivity contribution >= 4 is 0 Å². The third-order valence-electron chi connectivity index (χ3n) is 1.62. The first kappa shape index (κ1) is 16.4. The molecule has 1 aromatic rings. The maximum Gasteiger partial charge on any atom is 0.119 e. The van der Waals surface area contributed by atoms with Gasteiger partial charge in [0.15, 0.2) is 0 Å². The fraction of sp³-hybridized carbons (Fsp3) is 0.538. The molecule has 0 aliphatic heterocycles. The summed E-state index contributed by atoms with van der Waals surface area (Å²) in [5.74, 6) is 0.861. The summed E-state index contributed by atoms with van der Waals surface area (Å²) < 4.78 is 5.05. The van der Waals surface area contributed by atoms with Crippen LogP contribution in [0, 0.1) is 0 Å². The lowest BCUT2D eigenvalue weighted by Crippen LogP contribution is -2.04. The number of methoxy groups -OCH3 is 1. The molecule has 0 aliphatic rings. The zero-order valence-electron chi connectivity index (χ0n) is 10.9. The van der Waals surface area contributed by atoms with Crippen molar-refractivity contribution in [2.75, 3.05) is 7.11 Å². The van der Waals surface area contributed by atoms with Crippen molar-refractivity contribution in [3.8, 4) is 5.75 Å². The van der Waals surface area contributed by atoms with Crippen molar-refractivity contribution in [3.63, 3.8) is 0 Å². The Balaban J connectivity index is 0. The molecular weight excluding hydrogens is 186 g/mol. The molecule has 2 nitrogen and oxygen atoms in total. The van der Waals surface area contributed by atoms with E-state index in [1.54, 1.807) is 7.11 Å². The fourth-order valence-corrected chi connectivity index (χ4v) is 0.925. The summed E-state index contributed by atoms with van der Waals surface area (Å²) in [6.07, 6.45) is 0. The van der Waals surface area contributed by atoms with Crippen LogP contribution in [0.4, 0.5) is 0 Å². The van der Waals surface area contributed by atoms with Gasteiger partial charge >= 0.3 is 0 Å². The summed E-state index contributed by atoms with van der Waals surface area (Å²) in [6.45, 7) is 9.95. The predicted molar refractivity (Wildman–Crippen MR) is 68.3 cm³/mol. The molecule has 0 aromatic heterocycles. The van der Waals surface area contributed by atoms with E-state index >= 15 is 0 Å². The van der Waals surface area contributed by atoms with Gasteiger partial charge in [-0.05, 0) is 24.6 Å². The van der Waals surface area contributed by atoms with Crippen LogP contribution in [-0.2, 0) is 0 Å². The standard InChI is InChI=1S/C9H13NO.2C2H6/c1-7(10)8-4-3-5-9(6-8)11-2;2*1-2/h3-7H,10H2,1-2H3;2*1-2H3. The molecule has 15 heavy (non-hydrogen) atoms. The minimum Gasteiger partial charge on any atom is -0.497 e. The average Bonchev–Trinajstić information content (AvgIpc) is 2.34. The number of hydrogen-bond donors (Lipinski definition) is 1. The lowest BCUT2D eigenvalue weighted by Gasteiger charge is -2.06. The summed E-state index contributed by atoms with van der Waals surface area (Å²) >= 11 is 0. The van der Waals surface area contributed by atoms with Gasteiger partial charge < -0.3 is 10.5 Å². The summed E-state index contributed by atoms with van der Waals surface area (Å²) in [4.78, 5) is 0. The molecule has 0 aliphatic carbocycles. The van der Waals surface area contributed by atoms with Crippen molar-refractivity contribution in [3.05, 3.63) is 29.8 Å². The Morgan fingerprint density at radius 1 is 1.13 bits per heavy atom. The van der Waals surface area contributed by atoms with E-state index in [-0.39, 0.29) is 6.04 Å². The van der Waals surface area contributed by atoms with Crippen molar-refractivity contribution in [1.29, 1.82) is 0 Å². The second-order valence-electron chi connectivity index (χ2n) is 2.57. The largest absolute Gasteiger partial charge is 0.497 e. The van der Waals surface area contributed by atoms with E-state index in [0.717, 1.165) is 11.3 Å². The minimum absolute atomic E-state index is 0.0742. The van der Waals surface area contributed by atoms with Gasteiger partial charge in [0.2, 0.25) is 0 Å². The SMILES string of the molecule is CC.CC.COc1cccc(C(C)N)c1. The van der Waals surface area contributed by atoms with Gasteiger partial charge in [-0.2, -0.15) is 0 Å². The maximum absolute atomic E-state index is 5.68. The zero-order chi connectivity index (χ0) is 12.3. The number of rotatable bonds is 2. The van der Waals surface area contributed by atoms with E-state index in [2.05, 4.69) is 0 Å². The second-order valence-corrected chi connectivity index (χ2v) is 2.57. The Morgan fingerprint density at radius 3 is 2.07 bits per heavy atom. The van der Waals surface area contributed by atoms with Crippen LogP contribution in [0.3, 0.4) is 0 Å². The third-order valence-corrected chi connectivity index (χ3v) is 1.62. The monoisotopic (exact) mass is 211 g/mol. The molecule has 0 fully saturated rings. The van der Waals surface area contributed by atoms with Gasteiger partial charge in [0.1, 0.15) is 5.75 Å². The highest BCUT2D eigenvalue weighted by Gasteiger charge is 1.98. The molecule has 1 rings (SSSR count). The van der Waals surface area contributed by atoms with E-state index in [0.29, 0.717) is 0 Å². The zero-order valence-corrected chi connectivity index (χ0v) is 10.9. The molecule has 0 saturated carbocycles. The van der Waals surface area contributed by atoms with Crippen molar-refractivity contribution in [1.82, 2.24) is 0 Å². The number of ether oxygens (including phenoxy) is 1. The van der Waals surface area contributed by atoms with Crippen molar-refractivity contribution < 1.29 is 4.74 Å². The van der Waals surface area contributed by atoms with Crippen LogP contribution in [0.2, 0.25) is 0 Å². The molecule has 0 bridgehead atoms. The molecule has 0 spiro atoms. The Labute approximate surface area is 94.5 Å². The van der Waals surface area contributed by atoms with Gasteiger partial charge in [-0.15, -0.1) is 0 Å². The Morgan fingerprint density at radius 2 is 1.67 bits per heavy atom. The Bertz CT molecular complexity index is 234. The summed E-state index contributed by atoms with van der Waals surface area (Å²) in [5, 5.41) is 0. The Hall–Kier alpha value is -1.02. The highest BCUT2D eigenvalue weighted by Crippen LogP contribution is 2.16. The van der Waals surface area contributed by atoms with Gasteiger partial charge in [-0.25, -0.2) is 0 Å². The first-order valence-corrected chi connectivity index (χ1v) is 5.63. The number of benzene rings is 1. The average molecular weight is 211 g/mol. The Kier molecular flexibility index (Phi) is 12.1. The molecule has 0 amide bonds. The second kappa shape index (κ2) is 11.1. The van der Waals surface area contributed by atoms with Crippen LogP contribution < -0.4 is 10.5 Å². The van der Waals surface area contributed by atoms with Gasteiger partial charge in [-0.3, -0.25) is 0 Å². The van der Waals surface area contributed by atoms with Crippen LogP contribution in [0.5, 0.6) is 5.75 Å². The maximum atomic E-state index is 5.68. The lowest BCUT2D eigenvalue weighted by atomic mass is 10.1. The minimum atomic E-state index is 0.0742.